The first-order valence-corrected chi connectivity index (χ1v) is 8.91. The van der Waals surface area contributed by atoms with Gasteiger partial charge in [-0.15, -0.1) is 0 Å². The first kappa shape index (κ1) is 15.3. The van der Waals surface area contributed by atoms with Crippen molar-refractivity contribution in [1.82, 2.24) is 15.0 Å². The SMILES string of the molecule is Brc1ccc2nc(NC3CCN(c4cccnc4)CC3)ncc2c1. The van der Waals surface area contributed by atoms with Gasteiger partial charge in [0, 0.05) is 41.4 Å². The third kappa shape index (κ3) is 3.33. The van der Waals surface area contributed by atoms with Gasteiger partial charge < -0.3 is 10.2 Å². The second-order valence-electron chi connectivity index (χ2n) is 6.01. The van der Waals surface area contributed by atoms with E-state index in [9.17, 15) is 0 Å². The zero-order chi connectivity index (χ0) is 16.4. The molecule has 1 saturated heterocycles. The first-order chi connectivity index (χ1) is 11.8. The maximum Gasteiger partial charge on any atom is 0.223 e. The Balaban J connectivity index is 1.41. The number of anilines is 2. The summed E-state index contributed by atoms with van der Waals surface area (Å²) < 4.78 is 1.04. The number of pyridine rings is 1. The molecule has 4 rings (SSSR count). The van der Waals surface area contributed by atoms with Gasteiger partial charge in [0.2, 0.25) is 5.95 Å². The lowest BCUT2D eigenvalue weighted by Gasteiger charge is -2.33. The number of nitrogens with one attached hydrogen (secondary N) is 1. The summed E-state index contributed by atoms with van der Waals surface area (Å²) in [6, 6.07) is 10.6. The highest BCUT2D eigenvalue weighted by molar-refractivity contribution is 9.10. The molecule has 0 spiro atoms. The van der Waals surface area contributed by atoms with E-state index in [1.165, 1.54) is 5.69 Å². The first-order valence-electron chi connectivity index (χ1n) is 8.12. The van der Waals surface area contributed by atoms with E-state index in [0.717, 1.165) is 41.3 Å². The van der Waals surface area contributed by atoms with Crippen LogP contribution in [0.1, 0.15) is 12.8 Å². The van der Waals surface area contributed by atoms with Gasteiger partial charge in [-0.1, -0.05) is 15.9 Å². The molecule has 1 N–H and O–H groups in total. The van der Waals surface area contributed by atoms with Gasteiger partial charge in [-0.25, -0.2) is 9.97 Å². The lowest BCUT2D eigenvalue weighted by Crippen LogP contribution is -2.39. The number of fused-ring (bicyclic) bond motifs is 1. The van der Waals surface area contributed by atoms with Crippen LogP contribution in [-0.2, 0) is 0 Å². The Labute approximate surface area is 149 Å². The molecule has 0 radical (unpaired) electrons. The van der Waals surface area contributed by atoms with E-state index >= 15 is 0 Å². The van der Waals surface area contributed by atoms with Gasteiger partial charge >= 0.3 is 0 Å². The number of aromatic nitrogens is 3. The van der Waals surface area contributed by atoms with Crippen molar-refractivity contribution < 1.29 is 0 Å². The van der Waals surface area contributed by atoms with Gasteiger partial charge in [0.25, 0.3) is 0 Å². The van der Waals surface area contributed by atoms with E-state index in [0.29, 0.717) is 12.0 Å². The third-order valence-electron chi connectivity index (χ3n) is 4.38. The molecule has 2 aromatic heterocycles. The highest BCUT2D eigenvalue weighted by Crippen LogP contribution is 2.22. The topological polar surface area (TPSA) is 53.9 Å². The van der Waals surface area contributed by atoms with Crippen molar-refractivity contribution in [3.63, 3.8) is 0 Å². The van der Waals surface area contributed by atoms with E-state index in [2.05, 4.69) is 47.2 Å². The normalized spacial score (nSPS) is 15.6. The summed E-state index contributed by atoms with van der Waals surface area (Å²) in [6.45, 7) is 2.04. The molecule has 24 heavy (non-hydrogen) atoms. The van der Waals surface area contributed by atoms with Crippen molar-refractivity contribution in [3.8, 4) is 0 Å². The van der Waals surface area contributed by atoms with Gasteiger partial charge in [0.1, 0.15) is 0 Å². The van der Waals surface area contributed by atoms with Crippen LogP contribution in [-0.4, -0.2) is 34.1 Å². The van der Waals surface area contributed by atoms with Crippen molar-refractivity contribution in [2.24, 2.45) is 0 Å². The van der Waals surface area contributed by atoms with Crippen LogP contribution in [0.25, 0.3) is 10.9 Å². The van der Waals surface area contributed by atoms with Crippen molar-refractivity contribution in [1.29, 1.82) is 0 Å². The number of hydrogen-bond donors (Lipinski definition) is 1. The summed E-state index contributed by atoms with van der Waals surface area (Å²) in [4.78, 5) is 15.7. The van der Waals surface area contributed by atoms with Crippen LogP contribution >= 0.6 is 15.9 Å². The molecule has 0 aliphatic carbocycles. The molecule has 122 valence electrons. The fourth-order valence-corrected chi connectivity index (χ4v) is 3.46. The Kier molecular flexibility index (Phi) is 4.30. The fraction of sp³-hybridized carbons (Fsp3) is 0.278. The molecule has 0 atom stereocenters. The van der Waals surface area contributed by atoms with E-state index in [1.807, 2.05) is 42.9 Å². The number of benzene rings is 1. The summed E-state index contributed by atoms with van der Waals surface area (Å²) in [7, 11) is 0. The summed E-state index contributed by atoms with van der Waals surface area (Å²) >= 11 is 3.48. The molecule has 0 bridgehead atoms. The van der Waals surface area contributed by atoms with Crippen molar-refractivity contribution in [3.05, 3.63) is 53.4 Å². The third-order valence-corrected chi connectivity index (χ3v) is 4.87. The quantitative estimate of drug-likeness (QED) is 0.743. The van der Waals surface area contributed by atoms with Crippen LogP contribution in [0.15, 0.2) is 53.4 Å². The maximum absolute atomic E-state index is 4.62. The fourth-order valence-electron chi connectivity index (χ4n) is 3.08. The van der Waals surface area contributed by atoms with Gasteiger partial charge in [-0.2, -0.15) is 0 Å². The second kappa shape index (κ2) is 6.73. The molecule has 5 nitrogen and oxygen atoms in total. The number of rotatable bonds is 3. The monoisotopic (exact) mass is 383 g/mol. The Morgan fingerprint density at radius 3 is 2.79 bits per heavy atom. The number of piperidine rings is 1. The Morgan fingerprint density at radius 1 is 1.12 bits per heavy atom. The van der Waals surface area contributed by atoms with Gasteiger partial charge in [0.05, 0.1) is 17.4 Å². The average Bonchev–Trinajstić information content (AvgIpc) is 2.63. The smallest absolute Gasteiger partial charge is 0.223 e. The molecule has 6 heteroatoms. The summed E-state index contributed by atoms with van der Waals surface area (Å²) in [6.07, 6.45) is 7.75. The van der Waals surface area contributed by atoms with Crippen molar-refractivity contribution in [2.45, 2.75) is 18.9 Å². The largest absolute Gasteiger partial charge is 0.370 e. The molecule has 3 aromatic rings. The molecule has 1 aliphatic heterocycles. The highest BCUT2D eigenvalue weighted by Gasteiger charge is 2.20. The van der Waals surface area contributed by atoms with E-state index in [4.69, 9.17) is 0 Å². The molecule has 3 heterocycles. The van der Waals surface area contributed by atoms with Crippen LogP contribution in [0.2, 0.25) is 0 Å². The van der Waals surface area contributed by atoms with Crippen LogP contribution in [0.5, 0.6) is 0 Å². The van der Waals surface area contributed by atoms with E-state index in [1.54, 1.807) is 0 Å². The summed E-state index contributed by atoms with van der Waals surface area (Å²) in [5, 5.41) is 4.53. The predicted octanol–water partition coefficient (Wildman–Crippen LogP) is 3.87. The second-order valence-corrected chi connectivity index (χ2v) is 6.93. The minimum atomic E-state index is 0.408. The Bertz CT molecular complexity index is 831. The molecule has 1 aliphatic rings. The van der Waals surface area contributed by atoms with Crippen LogP contribution < -0.4 is 10.2 Å². The zero-order valence-electron chi connectivity index (χ0n) is 13.2. The van der Waals surface area contributed by atoms with Crippen LogP contribution in [0, 0.1) is 0 Å². The number of halogens is 1. The van der Waals surface area contributed by atoms with Gasteiger partial charge in [-0.3, -0.25) is 4.98 Å². The van der Waals surface area contributed by atoms with Gasteiger partial charge in [-0.05, 0) is 43.2 Å². The van der Waals surface area contributed by atoms with E-state index < -0.39 is 0 Å². The standard InChI is InChI=1S/C18H18BrN5/c19-14-3-4-17-13(10-14)11-21-18(23-17)22-15-5-8-24(9-6-15)16-2-1-7-20-12-16/h1-4,7,10-12,15H,5-6,8-9H2,(H,21,22,23). The minimum Gasteiger partial charge on any atom is -0.370 e. The van der Waals surface area contributed by atoms with E-state index in [-0.39, 0.29) is 0 Å². The molecular formula is C18H18BrN5. The van der Waals surface area contributed by atoms with Crippen molar-refractivity contribution in [2.75, 3.05) is 23.3 Å². The molecule has 1 fully saturated rings. The molecule has 1 aromatic carbocycles. The van der Waals surface area contributed by atoms with Gasteiger partial charge in [0.15, 0.2) is 0 Å². The maximum atomic E-state index is 4.62. The molecular weight excluding hydrogens is 366 g/mol. The minimum absolute atomic E-state index is 0.408. The lowest BCUT2D eigenvalue weighted by molar-refractivity contribution is 0.524. The summed E-state index contributed by atoms with van der Waals surface area (Å²) in [5.74, 6) is 0.713. The number of nitrogens with zero attached hydrogens (tertiary/aromatic N) is 4. The van der Waals surface area contributed by atoms with Crippen molar-refractivity contribution >= 4 is 38.5 Å². The highest BCUT2D eigenvalue weighted by atomic mass is 79.9. The molecule has 0 unspecified atom stereocenters. The molecule has 0 amide bonds. The lowest BCUT2D eigenvalue weighted by atomic mass is 10.0. The number of hydrogen-bond acceptors (Lipinski definition) is 5. The van der Waals surface area contributed by atoms with Crippen LogP contribution in [0.4, 0.5) is 11.6 Å². The predicted molar refractivity (Wildman–Crippen MR) is 100 cm³/mol. The Morgan fingerprint density at radius 2 is 2.00 bits per heavy atom. The Hall–Kier alpha value is -2.21. The summed E-state index contributed by atoms with van der Waals surface area (Å²) in [5.41, 5.74) is 2.16. The molecule has 0 saturated carbocycles. The average molecular weight is 384 g/mol. The zero-order valence-corrected chi connectivity index (χ0v) is 14.8. The van der Waals surface area contributed by atoms with Crippen LogP contribution in [0.3, 0.4) is 0 Å².